The van der Waals surface area contributed by atoms with E-state index in [0.717, 1.165) is 3.57 Å². The molecule has 0 radical (unpaired) electrons. The zero-order valence-corrected chi connectivity index (χ0v) is 14.4. The molecule has 0 unspecified atom stereocenters. The van der Waals surface area contributed by atoms with Gasteiger partial charge in [0.05, 0.1) is 5.56 Å². The molecule has 2 aromatic rings. The third-order valence-corrected chi connectivity index (χ3v) is 4.26. The van der Waals surface area contributed by atoms with Gasteiger partial charge in [-0.25, -0.2) is 9.97 Å². The number of carbonyl (C=O) groups is 1. The third kappa shape index (κ3) is 3.56. The number of nitrogens with one attached hydrogen (secondary N) is 1. The summed E-state index contributed by atoms with van der Waals surface area (Å²) in [4.78, 5) is 19.7. The molecule has 2 rings (SSSR count). The number of amides is 1. The van der Waals surface area contributed by atoms with Crippen LogP contribution in [0.15, 0.2) is 29.0 Å². The van der Waals surface area contributed by atoms with Crippen molar-refractivity contribution in [2.45, 2.75) is 0 Å². The molecule has 0 spiro atoms. The summed E-state index contributed by atoms with van der Waals surface area (Å²) >= 11 is 17.1. The van der Waals surface area contributed by atoms with Crippen molar-refractivity contribution < 1.29 is 4.79 Å². The molecule has 1 aromatic heterocycles. The third-order valence-electron chi connectivity index (χ3n) is 2.15. The molecule has 0 aliphatic rings. The molecular formula is C11H5BrCl2IN3O. The van der Waals surface area contributed by atoms with E-state index in [1.165, 1.54) is 6.33 Å². The molecule has 0 fully saturated rings. The topological polar surface area (TPSA) is 54.9 Å². The van der Waals surface area contributed by atoms with Crippen molar-refractivity contribution in [3.63, 3.8) is 0 Å². The summed E-state index contributed by atoms with van der Waals surface area (Å²) in [6.07, 6.45) is 1.23. The van der Waals surface area contributed by atoms with Gasteiger partial charge in [-0.15, -0.1) is 0 Å². The van der Waals surface area contributed by atoms with E-state index in [1.54, 1.807) is 12.1 Å². The van der Waals surface area contributed by atoms with Crippen molar-refractivity contribution in [3.8, 4) is 0 Å². The fraction of sp³-hybridized carbons (Fsp3) is 0. The smallest absolute Gasteiger partial charge is 0.258 e. The van der Waals surface area contributed by atoms with Gasteiger partial charge in [-0.05, 0) is 56.7 Å². The quantitative estimate of drug-likeness (QED) is 0.520. The van der Waals surface area contributed by atoms with Crippen LogP contribution in [0.1, 0.15) is 10.4 Å². The van der Waals surface area contributed by atoms with Crippen LogP contribution in [0, 0.1) is 3.57 Å². The summed E-state index contributed by atoms with van der Waals surface area (Å²) in [6.45, 7) is 0. The molecule has 0 saturated carbocycles. The van der Waals surface area contributed by atoms with E-state index in [4.69, 9.17) is 23.2 Å². The van der Waals surface area contributed by atoms with E-state index >= 15 is 0 Å². The lowest BCUT2D eigenvalue weighted by atomic mass is 10.2. The average molecular weight is 473 g/mol. The molecule has 0 aliphatic heterocycles. The van der Waals surface area contributed by atoms with Crippen molar-refractivity contribution in [3.05, 3.63) is 48.3 Å². The first-order valence-corrected chi connectivity index (χ1v) is 7.54. The Hall–Kier alpha value is -0.440. The van der Waals surface area contributed by atoms with Crippen molar-refractivity contribution in [2.75, 3.05) is 5.32 Å². The van der Waals surface area contributed by atoms with Crippen LogP contribution in [0.3, 0.4) is 0 Å². The van der Waals surface area contributed by atoms with Gasteiger partial charge in [0, 0.05) is 8.04 Å². The number of hydrogen-bond acceptors (Lipinski definition) is 3. The summed E-state index contributed by atoms with van der Waals surface area (Å²) in [5.74, 6) is -0.153. The van der Waals surface area contributed by atoms with Crippen LogP contribution in [0.4, 0.5) is 5.82 Å². The van der Waals surface area contributed by atoms with E-state index in [9.17, 15) is 4.79 Å². The van der Waals surface area contributed by atoms with E-state index in [0.29, 0.717) is 10.0 Å². The Morgan fingerprint density at radius 3 is 2.79 bits per heavy atom. The van der Waals surface area contributed by atoms with Gasteiger partial charge in [-0.2, -0.15) is 0 Å². The first-order chi connectivity index (χ1) is 8.99. The second-order valence-corrected chi connectivity index (χ2v) is 6.24. The van der Waals surface area contributed by atoms with Gasteiger partial charge in [-0.1, -0.05) is 23.2 Å². The van der Waals surface area contributed by atoms with Crippen molar-refractivity contribution in [1.82, 2.24) is 9.97 Å². The largest absolute Gasteiger partial charge is 0.305 e. The summed E-state index contributed by atoms with van der Waals surface area (Å²) in [6, 6.07) is 5.43. The summed E-state index contributed by atoms with van der Waals surface area (Å²) in [5, 5.41) is 2.80. The highest BCUT2D eigenvalue weighted by molar-refractivity contribution is 14.1. The highest BCUT2D eigenvalue weighted by Gasteiger charge is 2.14. The van der Waals surface area contributed by atoms with Gasteiger partial charge in [-0.3, -0.25) is 4.79 Å². The molecular weight excluding hydrogens is 468 g/mol. The number of carbonyl (C=O) groups excluding carboxylic acids is 1. The van der Waals surface area contributed by atoms with Crippen molar-refractivity contribution in [1.29, 1.82) is 0 Å². The Labute approximate surface area is 141 Å². The number of benzene rings is 1. The average Bonchev–Trinajstić information content (AvgIpc) is 2.38. The first kappa shape index (κ1) is 15.0. The van der Waals surface area contributed by atoms with Crippen LogP contribution in [-0.2, 0) is 0 Å². The Morgan fingerprint density at radius 1 is 1.32 bits per heavy atom. The van der Waals surface area contributed by atoms with Crippen LogP contribution in [0.25, 0.3) is 0 Å². The highest BCUT2D eigenvalue weighted by atomic mass is 127. The minimum absolute atomic E-state index is 0.0914. The number of halogens is 4. The van der Waals surface area contributed by atoms with Crippen molar-refractivity contribution >= 4 is 73.4 Å². The Morgan fingerprint density at radius 2 is 2.05 bits per heavy atom. The second-order valence-electron chi connectivity index (χ2n) is 3.41. The molecule has 1 N–H and O–H groups in total. The fourth-order valence-electron chi connectivity index (χ4n) is 1.28. The molecule has 1 heterocycles. The summed E-state index contributed by atoms with van der Waals surface area (Å²) in [7, 11) is 0. The molecule has 0 saturated heterocycles. The monoisotopic (exact) mass is 471 g/mol. The molecule has 98 valence electrons. The molecule has 19 heavy (non-hydrogen) atoms. The normalized spacial score (nSPS) is 10.3. The lowest BCUT2D eigenvalue weighted by molar-refractivity contribution is 0.102. The summed E-state index contributed by atoms with van der Waals surface area (Å²) < 4.78 is 1.62. The molecule has 4 nitrogen and oxygen atoms in total. The number of aromatic nitrogens is 2. The van der Waals surface area contributed by atoms with E-state index in [1.807, 2.05) is 6.07 Å². The molecule has 8 heteroatoms. The Kier molecular flexibility index (Phi) is 4.99. The zero-order valence-electron chi connectivity index (χ0n) is 9.12. The Balaban J connectivity index is 2.31. The first-order valence-electron chi connectivity index (χ1n) is 4.91. The van der Waals surface area contributed by atoms with Crippen LogP contribution in [0.5, 0.6) is 0 Å². The number of nitrogens with zero attached hydrogens (tertiary/aromatic N) is 2. The maximum absolute atomic E-state index is 12.1. The molecule has 1 amide bonds. The van der Waals surface area contributed by atoms with Gasteiger partial charge >= 0.3 is 0 Å². The highest BCUT2D eigenvalue weighted by Crippen LogP contribution is 2.27. The van der Waals surface area contributed by atoms with Crippen LogP contribution in [-0.4, -0.2) is 15.9 Å². The van der Waals surface area contributed by atoms with Gasteiger partial charge in [0.15, 0.2) is 11.0 Å². The van der Waals surface area contributed by atoms with Gasteiger partial charge < -0.3 is 5.32 Å². The lowest BCUT2D eigenvalue weighted by Crippen LogP contribution is -2.14. The number of anilines is 1. The van der Waals surface area contributed by atoms with E-state index in [-0.39, 0.29) is 21.9 Å². The zero-order chi connectivity index (χ0) is 14.0. The van der Waals surface area contributed by atoms with Crippen LogP contribution >= 0.6 is 61.7 Å². The Bertz CT molecular complexity index is 654. The molecule has 1 aromatic carbocycles. The van der Waals surface area contributed by atoms with E-state index < -0.39 is 0 Å². The van der Waals surface area contributed by atoms with Gasteiger partial charge in [0.25, 0.3) is 5.91 Å². The standard InChI is InChI=1S/C11H5BrCl2IN3O/c12-7-2-1-5(15)3-6(7)11(19)18-10-8(13)9(14)16-4-17-10/h1-4H,(H,16,17,18,19). The van der Waals surface area contributed by atoms with Crippen molar-refractivity contribution in [2.24, 2.45) is 0 Å². The van der Waals surface area contributed by atoms with E-state index in [2.05, 4.69) is 53.8 Å². The van der Waals surface area contributed by atoms with Gasteiger partial charge in [0.1, 0.15) is 11.3 Å². The summed E-state index contributed by atoms with van der Waals surface area (Å²) in [5.41, 5.74) is 0.484. The minimum atomic E-state index is -0.331. The molecule has 0 bridgehead atoms. The SMILES string of the molecule is O=C(Nc1ncnc(Cl)c1Cl)c1cc(I)ccc1Br. The van der Waals surface area contributed by atoms with Gasteiger partial charge in [0.2, 0.25) is 0 Å². The maximum Gasteiger partial charge on any atom is 0.258 e. The predicted octanol–water partition coefficient (Wildman–Crippen LogP) is 4.40. The minimum Gasteiger partial charge on any atom is -0.305 e. The lowest BCUT2D eigenvalue weighted by Gasteiger charge is -2.08. The number of rotatable bonds is 2. The maximum atomic E-state index is 12.1. The number of hydrogen-bond donors (Lipinski definition) is 1. The second kappa shape index (κ2) is 6.34. The van der Waals surface area contributed by atoms with Crippen LogP contribution in [0.2, 0.25) is 10.2 Å². The van der Waals surface area contributed by atoms with Crippen LogP contribution < -0.4 is 5.32 Å². The molecule has 0 aliphatic carbocycles. The predicted molar refractivity (Wildman–Crippen MR) is 86.9 cm³/mol. The molecule has 0 atom stereocenters. The fourth-order valence-corrected chi connectivity index (χ4v) is 2.48.